The molecular formula is C12H15N3O. The third kappa shape index (κ3) is 1.64. The summed E-state index contributed by atoms with van der Waals surface area (Å²) in [6, 6.07) is 1.82. The van der Waals surface area contributed by atoms with Crippen molar-refractivity contribution in [2.24, 2.45) is 0 Å². The number of rotatable bonds is 1. The zero-order valence-electron chi connectivity index (χ0n) is 9.15. The van der Waals surface area contributed by atoms with Crippen LogP contribution in [-0.2, 0) is 0 Å². The van der Waals surface area contributed by atoms with E-state index in [-0.39, 0.29) is 0 Å². The van der Waals surface area contributed by atoms with Gasteiger partial charge in [0.05, 0.1) is 11.9 Å². The Morgan fingerprint density at radius 3 is 2.88 bits per heavy atom. The summed E-state index contributed by atoms with van der Waals surface area (Å²) in [6.07, 6.45) is 7.86. The fourth-order valence-electron chi connectivity index (χ4n) is 2.38. The van der Waals surface area contributed by atoms with Crippen molar-refractivity contribution in [2.45, 2.75) is 38.0 Å². The molecule has 16 heavy (non-hydrogen) atoms. The molecule has 4 nitrogen and oxygen atoms in total. The number of nitrogens with two attached hydrogens (primary N) is 1. The van der Waals surface area contributed by atoms with Gasteiger partial charge < -0.3 is 10.2 Å². The highest BCUT2D eigenvalue weighted by molar-refractivity contribution is 5.71. The molecule has 0 bridgehead atoms. The van der Waals surface area contributed by atoms with E-state index in [2.05, 4.69) is 9.97 Å². The zero-order valence-corrected chi connectivity index (χ0v) is 9.15. The normalized spacial score (nSPS) is 18.0. The van der Waals surface area contributed by atoms with Crippen molar-refractivity contribution in [3.63, 3.8) is 0 Å². The number of aromatic nitrogens is 2. The van der Waals surface area contributed by atoms with E-state index in [9.17, 15) is 0 Å². The molecule has 0 amide bonds. The molecule has 1 aliphatic rings. The fourth-order valence-corrected chi connectivity index (χ4v) is 2.38. The van der Waals surface area contributed by atoms with E-state index in [4.69, 9.17) is 10.2 Å². The van der Waals surface area contributed by atoms with Crippen LogP contribution in [0.1, 0.15) is 43.9 Å². The van der Waals surface area contributed by atoms with E-state index in [1.54, 1.807) is 6.20 Å². The molecule has 0 aromatic carbocycles. The van der Waals surface area contributed by atoms with E-state index in [1.807, 2.05) is 6.07 Å². The van der Waals surface area contributed by atoms with Gasteiger partial charge in [0.15, 0.2) is 0 Å². The van der Waals surface area contributed by atoms with Gasteiger partial charge >= 0.3 is 0 Å². The van der Waals surface area contributed by atoms with Crippen LogP contribution in [0.4, 0.5) is 5.69 Å². The van der Waals surface area contributed by atoms with Gasteiger partial charge in [0, 0.05) is 5.92 Å². The third-order valence-electron chi connectivity index (χ3n) is 3.24. The summed E-state index contributed by atoms with van der Waals surface area (Å²) < 4.78 is 5.68. The minimum absolute atomic E-state index is 0.476. The van der Waals surface area contributed by atoms with Crippen molar-refractivity contribution in [3.05, 3.63) is 18.2 Å². The first-order chi connectivity index (χ1) is 7.83. The molecular weight excluding hydrogens is 202 g/mol. The number of hydrogen-bond donors (Lipinski definition) is 1. The lowest BCUT2D eigenvalue weighted by molar-refractivity contribution is 0.371. The molecule has 1 saturated carbocycles. The van der Waals surface area contributed by atoms with Gasteiger partial charge in [0.2, 0.25) is 11.6 Å². The molecule has 0 aliphatic heterocycles. The Bertz CT molecular complexity index is 500. The topological polar surface area (TPSA) is 64.9 Å². The average Bonchev–Trinajstić information content (AvgIpc) is 2.73. The van der Waals surface area contributed by atoms with Crippen LogP contribution in [0.5, 0.6) is 0 Å². The molecule has 0 atom stereocenters. The van der Waals surface area contributed by atoms with Crippen LogP contribution >= 0.6 is 0 Å². The van der Waals surface area contributed by atoms with Crippen LogP contribution < -0.4 is 5.73 Å². The highest BCUT2D eigenvalue weighted by atomic mass is 16.4. The summed E-state index contributed by atoms with van der Waals surface area (Å²) in [7, 11) is 0. The van der Waals surface area contributed by atoms with Crippen molar-refractivity contribution in [1.29, 1.82) is 0 Å². The van der Waals surface area contributed by atoms with Gasteiger partial charge in [-0.2, -0.15) is 0 Å². The highest BCUT2D eigenvalue weighted by Crippen LogP contribution is 2.33. The smallest absolute Gasteiger partial charge is 0.247 e. The molecule has 3 rings (SSSR count). The third-order valence-corrected chi connectivity index (χ3v) is 3.24. The zero-order chi connectivity index (χ0) is 11.0. The standard InChI is InChI=1S/C12H15N3O/c13-9-6-10-12(14-7-9)16-11(15-10)8-4-2-1-3-5-8/h6-8H,1-5,13H2. The monoisotopic (exact) mass is 217 g/mol. The van der Waals surface area contributed by atoms with Crippen molar-refractivity contribution in [2.75, 3.05) is 5.73 Å². The second kappa shape index (κ2) is 3.77. The molecule has 84 valence electrons. The van der Waals surface area contributed by atoms with Crippen LogP contribution in [0.25, 0.3) is 11.2 Å². The van der Waals surface area contributed by atoms with Crippen LogP contribution in [-0.4, -0.2) is 9.97 Å². The lowest BCUT2D eigenvalue weighted by Crippen LogP contribution is -2.04. The first-order valence-electron chi connectivity index (χ1n) is 5.85. The quantitative estimate of drug-likeness (QED) is 0.797. The Morgan fingerprint density at radius 1 is 1.25 bits per heavy atom. The Kier molecular flexibility index (Phi) is 2.27. The second-order valence-electron chi connectivity index (χ2n) is 4.48. The number of pyridine rings is 1. The summed E-state index contributed by atoms with van der Waals surface area (Å²) in [5.74, 6) is 1.32. The minimum Gasteiger partial charge on any atom is -0.422 e. The maximum Gasteiger partial charge on any atom is 0.247 e. The number of anilines is 1. The molecule has 4 heteroatoms. The Labute approximate surface area is 93.9 Å². The Hall–Kier alpha value is -1.58. The molecule has 2 aromatic rings. The van der Waals surface area contributed by atoms with Crippen molar-refractivity contribution >= 4 is 16.9 Å². The van der Waals surface area contributed by atoms with Gasteiger partial charge in [-0.05, 0) is 18.9 Å². The van der Waals surface area contributed by atoms with Crippen molar-refractivity contribution < 1.29 is 4.42 Å². The van der Waals surface area contributed by atoms with E-state index in [0.29, 0.717) is 17.3 Å². The van der Waals surface area contributed by atoms with Crippen LogP contribution in [0, 0.1) is 0 Å². The number of oxazole rings is 1. The molecule has 2 N–H and O–H groups in total. The number of hydrogen-bond acceptors (Lipinski definition) is 4. The lowest BCUT2D eigenvalue weighted by atomic mass is 9.89. The molecule has 2 aromatic heterocycles. The van der Waals surface area contributed by atoms with Crippen molar-refractivity contribution in [3.8, 4) is 0 Å². The summed E-state index contributed by atoms with van der Waals surface area (Å²) >= 11 is 0. The van der Waals surface area contributed by atoms with E-state index < -0.39 is 0 Å². The fraction of sp³-hybridized carbons (Fsp3) is 0.500. The number of nitrogen functional groups attached to an aromatic ring is 1. The summed E-state index contributed by atoms with van der Waals surface area (Å²) in [5, 5.41) is 0. The first-order valence-corrected chi connectivity index (χ1v) is 5.85. The van der Waals surface area contributed by atoms with Crippen molar-refractivity contribution in [1.82, 2.24) is 9.97 Å². The van der Waals surface area contributed by atoms with E-state index >= 15 is 0 Å². The van der Waals surface area contributed by atoms with Gasteiger partial charge in [-0.15, -0.1) is 0 Å². The predicted octanol–water partition coefficient (Wildman–Crippen LogP) is 2.85. The maximum atomic E-state index is 5.68. The van der Waals surface area contributed by atoms with E-state index in [0.717, 1.165) is 11.4 Å². The van der Waals surface area contributed by atoms with Crippen LogP contribution in [0.15, 0.2) is 16.7 Å². The van der Waals surface area contributed by atoms with Gasteiger partial charge in [0.25, 0.3) is 0 Å². The summed E-state index contributed by atoms with van der Waals surface area (Å²) in [6.45, 7) is 0. The average molecular weight is 217 g/mol. The largest absolute Gasteiger partial charge is 0.422 e. The van der Waals surface area contributed by atoms with Gasteiger partial charge in [-0.3, -0.25) is 0 Å². The Balaban J connectivity index is 1.97. The molecule has 0 spiro atoms. The molecule has 1 aliphatic carbocycles. The molecule has 1 fully saturated rings. The predicted molar refractivity (Wildman–Crippen MR) is 62.0 cm³/mol. The van der Waals surface area contributed by atoms with Crippen LogP contribution in [0.2, 0.25) is 0 Å². The molecule has 2 heterocycles. The second-order valence-corrected chi connectivity index (χ2v) is 4.48. The maximum absolute atomic E-state index is 5.68. The van der Waals surface area contributed by atoms with Crippen LogP contribution in [0.3, 0.4) is 0 Å². The highest BCUT2D eigenvalue weighted by Gasteiger charge is 2.21. The summed E-state index contributed by atoms with van der Waals surface area (Å²) in [4.78, 5) is 8.63. The van der Waals surface area contributed by atoms with Gasteiger partial charge in [-0.1, -0.05) is 19.3 Å². The molecule has 0 radical (unpaired) electrons. The van der Waals surface area contributed by atoms with E-state index in [1.165, 1.54) is 32.1 Å². The SMILES string of the molecule is Nc1cnc2oc(C3CCCCC3)nc2c1. The Morgan fingerprint density at radius 2 is 2.06 bits per heavy atom. The minimum atomic E-state index is 0.476. The van der Waals surface area contributed by atoms with Gasteiger partial charge in [0.1, 0.15) is 5.52 Å². The lowest BCUT2D eigenvalue weighted by Gasteiger charge is -2.17. The molecule has 0 unspecified atom stereocenters. The number of fused-ring (bicyclic) bond motifs is 1. The molecule has 0 saturated heterocycles. The van der Waals surface area contributed by atoms with Gasteiger partial charge in [-0.25, -0.2) is 9.97 Å². The summed E-state index contributed by atoms with van der Waals surface area (Å²) in [5.41, 5.74) is 7.69. The first kappa shape index (κ1) is 9.63. The number of nitrogens with zero attached hydrogens (tertiary/aromatic N) is 2.